The average Bonchev–Trinajstić information content (AvgIpc) is 3.54. The highest BCUT2D eigenvalue weighted by Gasteiger charge is 2.60. The zero-order chi connectivity index (χ0) is 34.2. The van der Waals surface area contributed by atoms with E-state index in [2.05, 4.69) is 70.7 Å². The Balaban J connectivity index is 1.49. The van der Waals surface area contributed by atoms with E-state index in [0.717, 1.165) is 5.69 Å². The van der Waals surface area contributed by atoms with Crippen LogP contribution in [0, 0.1) is 6.92 Å². The van der Waals surface area contributed by atoms with Crippen LogP contribution in [-0.2, 0) is 28.9 Å². The molecule has 2 saturated heterocycles. The van der Waals surface area contributed by atoms with Crippen molar-refractivity contribution in [2.45, 2.75) is 142 Å². The number of imidazole rings is 1. The van der Waals surface area contributed by atoms with E-state index in [1.807, 2.05) is 33.8 Å². The van der Waals surface area contributed by atoms with Crippen molar-refractivity contribution in [2.24, 2.45) is 0 Å². The number of hydrogen-bond donors (Lipinski definition) is 1. The lowest BCUT2D eigenvalue weighted by Gasteiger charge is -2.51. The summed E-state index contributed by atoms with van der Waals surface area (Å²) < 4.78 is 36.2. The first-order chi connectivity index (χ1) is 21.4. The molecule has 2 aliphatic rings. The molecule has 0 spiro atoms. The number of nitrogens with zero attached hydrogens (tertiary/aromatic N) is 4. The smallest absolute Gasteiger partial charge is 0.419 e. The summed E-state index contributed by atoms with van der Waals surface area (Å²) in [6.07, 6.45) is 2.57. The van der Waals surface area contributed by atoms with Gasteiger partial charge in [-0.05, 0) is 49.9 Å². The molecule has 258 valence electrons. The molecule has 2 fully saturated rings. The Morgan fingerprint density at radius 3 is 2.24 bits per heavy atom. The summed E-state index contributed by atoms with van der Waals surface area (Å²) in [6.45, 7) is 25.8. The van der Waals surface area contributed by atoms with Gasteiger partial charge in [0.2, 0.25) is 0 Å². The van der Waals surface area contributed by atoms with Crippen molar-refractivity contribution in [1.29, 1.82) is 0 Å². The number of ether oxygens (including phenoxy) is 2. The minimum Gasteiger partial charge on any atom is -0.443 e. The Morgan fingerprint density at radius 2 is 1.67 bits per heavy atom. The van der Waals surface area contributed by atoms with Gasteiger partial charge in [0.25, 0.3) is 0 Å². The number of carbonyl (C=O) groups excluding carboxylic acids is 1. The topological polar surface area (TPSA) is 128 Å². The highest BCUT2D eigenvalue weighted by atomic mass is 28.5. The quantitative estimate of drug-likeness (QED) is 0.297. The third-order valence-electron chi connectivity index (χ3n) is 8.89. The van der Waals surface area contributed by atoms with Crippen LogP contribution < -0.4 is 11.0 Å². The summed E-state index contributed by atoms with van der Waals surface area (Å²) in [6, 6.07) is 1.85. The molecule has 4 rings (SSSR count). The first-order valence-corrected chi connectivity index (χ1v) is 20.6. The van der Waals surface area contributed by atoms with Gasteiger partial charge in [-0.2, -0.15) is 4.98 Å². The van der Waals surface area contributed by atoms with Gasteiger partial charge in [0.05, 0.1) is 18.4 Å². The number of aryl methyl sites for hydroxylation is 1. The lowest BCUT2D eigenvalue weighted by Crippen LogP contribution is -2.65. The highest BCUT2D eigenvalue weighted by Crippen LogP contribution is 2.48. The number of fused-ring (bicyclic) bond motifs is 1. The third kappa shape index (κ3) is 7.68. The Hall–Kier alpha value is -2.37. The van der Waals surface area contributed by atoms with Gasteiger partial charge in [0, 0.05) is 37.3 Å². The molecule has 3 atom stereocenters. The van der Waals surface area contributed by atoms with Crippen LogP contribution >= 0.6 is 0 Å². The molecule has 2 aromatic heterocycles. The molecule has 2 aromatic rings. The van der Waals surface area contributed by atoms with Crippen LogP contribution in [0.25, 0.3) is 0 Å². The van der Waals surface area contributed by atoms with Crippen molar-refractivity contribution in [3.05, 3.63) is 40.5 Å². The second-order valence-corrected chi connectivity index (χ2v) is 23.7. The number of carbonyl (C=O) groups is 1. The molecule has 0 aliphatic carbocycles. The van der Waals surface area contributed by atoms with Crippen molar-refractivity contribution < 1.29 is 27.2 Å². The number of hydrogen-bond acceptors (Lipinski definition) is 10. The fraction of sp³-hybridized carbons (Fsp3) is 0.750. The molecule has 0 saturated carbocycles. The minimum absolute atomic E-state index is 0.209. The molecule has 1 N–H and O–H groups in total. The van der Waals surface area contributed by atoms with Gasteiger partial charge in [-0.15, -0.1) is 0 Å². The van der Waals surface area contributed by atoms with Gasteiger partial charge >= 0.3 is 28.9 Å². The molecule has 46 heavy (non-hydrogen) atoms. The molecule has 0 radical (unpaired) electrons. The second kappa shape index (κ2) is 14.0. The average molecular weight is 678 g/mol. The van der Waals surface area contributed by atoms with Gasteiger partial charge in [0.1, 0.15) is 30.1 Å². The molecule has 2 aliphatic heterocycles. The predicted molar refractivity (Wildman–Crippen MR) is 182 cm³/mol. The summed E-state index contributed by atoms with van der Waals surface area (Å²) >= 11 is 0. The monoisotopic (exact) mass is 677 g/mol. The standard InChI is InChI=1S/C32H55N5O7Si2/c1-20(2)45(21(3)4)40-18-27-26(43-46(44-45,22(5)6)23(7)8)16-29(41-27)37-24(9)15-28(35-30(37)38)33-14-13-25-17-36(19-34-25)31(39)42-32(10,11)12/h15,17,19-23,26-27,29H,13-14,16,18H2,1-12H3,(H,33,35,38)/t26-,27+,29+/m0/s1. The normalized spacial score (nSPS) is 23.1. The van der Waals surface area contributed by atoms with Crippen LogP contribution in [0.1, 0.15) is 100 Å². The summed E-state index contributed by atoms with van der Waals surface area (Å²) in [5.41, 5.74) is 1.36. The van der Waals surface area contributed by atoms with Crippen molar-refractivity contribution >= 4 is 29.0 Å². The van der Waals surface area contributed by atoms with E-state index in [0.29, 0.717) is 37.5 Å². The number of rotatable bonds is 9. The third-order valence-corrected chi connectivity index (χ3v) is 19.2. The molecule has 0 bridgehead atoms. The van der Waals surface area contributed by atoms with E-state index in [1.165, 1.54) is 10.9 Å². The number of nitrogens with one attached hydrogen (secondary N) is 1. The van der Waals surface area contributed by atoms with Crippen molar-refractivity contribution in [3.8, 4) is 0 Å². The fourth-order valence-corrected chi connectivity index (χ4v) is 17.8. The van der Waals surface area contributed by atoms with E-state index < -0.39 is 40.7 Å². The second-order valence-electron chi connectivity index (χ2n) is 14.9. The molecular weight excluding hydrogens is 623 g/mol. The van der Waals surface area contributed by atoms with E-state index >= 15 is 0 Å². The lowest BCUT2D eigenvalue weighted by atomic mass is 10.2. The Kier molecular flexibility index (Phi) is 11.1. The summed E-state index contributed by atoms with van der Waals surface area (Å²) in [7, 11) is -5.46. The van der Waals surface area contributed by atoms with Crippen LogP contribution in [0.15, 0.2) is 23.4 Å². The Morgan fingerprint density at radius 1 is 1.04 bits per heavy atom. The van der Waals surface area contributed by atoms with Gasteiger partial charge < -0.3 is 27.8 Å². The predicted octanol–water partition coefficient (Wildman–Crippen LogP) is 6.43. The summed E-state index contributed by atoms with van der Waals surface area (Å²) in [5.74, 6) is 0.470. The Bertz CT molecular complexity index is 1400. The largest absolute Gasteiger partial charge is 0.443 e. The van der Waals surface area contributed by atoms with Gasteiger partial charge in [0.15, 0.2) is 0 Å². The van der Waals surface area contributed by atoms with Crippen molar-refractivity contribution in [2.75, 3.05) is 18.5 Å². The molecule has 0 aromatic carbocycles. The minimum atomic E-state index is -2.78. The molecular formula is C32H55N5O7Si2. The van der Waals surface area contributed by atoms with E-state index in [9.17, 15) is 9.59 Å². The fourth-order valence-electron chi connectivity index (χ4n) is 6.57. The molecule has 0 unspecified atom stereocenters. The zero-order valence-corrected chi connectivity index (χ0v) is 31.7. The lowest BCUT2D eigenvalue weighted by molar-refractivity contribution is -0.0570. The van der Waals surface area contributed by atoms with Gasteiger partial charge in [-0.3, -0.25) is 4.57 Å². The molecule has 4 heterocycles. The van der Waals surface area contributed by atoms with Crippen LogP contribution in [0.5, 0.6) is 0 Å². The van der Waals surface area contributed by atoms with E-state index in [-0.39, 0.29) is 34.4 Å². The Labute approximate surface area is 276 Å². The molecule has 14 heteroatoms. The van der Waals surface area contributed by atoms with Crippen LogP contribution in [0.3, 0.4) is 0 Å². The van der Waals surface area contributed by atoms with Crippen molar-refractivity contribution in [3.63, 3.8) is 0 Å². The molecule has 12 nitrogen and oxygen atoms in total. The van der Waals surface area contributed by atoms with Crippen LogP contribution in [-0.4, -0.2) is 73.3 Å². The SMILES string of the molecule is Cc1cc(NCCc2cn(C(=O)OC(C)(C)C)cn2)nc(=O)n1[C@H]1C[C@@H]2O[Si](C(C)C)(C(C)C)O[Si](C(C)C)(C(C)C)OC[C@H]2O1. The van der Waals surface area contributed by atoms with Crippen LogP contribution in [0.4, 0.5) is 10.6 Å². The van der Waals surface area contributed by atoms with Gasteiger partial charge in [-0.1, -0.05) is 55.4 Å². The van der Waals surface area contributed by atoms with Crippen molar-refractivity contribution in [1.82, 2.24) is 19.1 Å². The van der Waals surface area contributed by atoms with E-state index in [4.69, 9.17) is 22.4 Å². The first-order valence-electron chi connectivity index (χ1n) is 16.7. The molecule has 0 amide bonds. The zero-order valence-electron chi connectivity index (χ0n) is 29.7. The van der Waals surface area contributed by atoms with Gasteiger partial charge in [-0.25, -0.2) is 19.1 Å². The van der Waals surface area contributed by atoms with Crippen LogP contribution in [0.2, 0.25) is 22.2 Å². The summed E-state index contributed by atoms with van der Waals surface area (Å²) in [4.78, 5) is 34.3. The maximum atomic E-state index is 13.4. The maximum Gasteiger partial charge on any atom is 0.419 e. The van der Waals surface area contributed by atoms with E-state index in [1.54, 1.807) is 10.8 Å². The maximum absolute atomic E-state index is 13.4. The summed E-state index contributed by atoms with van der Waals surface area (Å²) in [5, 5.41) is 3.22. The number of anilines is 1. The first kappa shape index (κ1) is 36.5. The highest BCUT2D eigenvalue weighted by molar-refractivity contribution is 6.83. The number of aromatic nitrogens is 4.